The van der Waals surface area contributed by atoms with E-state index < -0.39 is 6.10 Å². The Labute approximate surface area is 153 Å². The summed E-state index contributed by atoms with van der Waals surface area (Å²) in [5.74, 6) is 0.103. The molecule has 1 amide bonds. The molecular weight excluding hydrogens is 330 g/mol. The Kier molecular flexibility index (Phi) is 4.90. The average Bonchev–Trinajstić information content (AvgIpc) is 3.14. The predicted molar refractivity (Wildman–Crippen MR) is 100 cm³/mol. The number of amides is 1. The molecule has 1 saturated heterocycles. The van der Waals surface area contributed by atoms with E-state index in [0.29, 0.717) is 19.5 Å². The van der Waals surface area contributed by atoms with Crippen LogP contribution in [0.3, 0.4) is 0 Å². The van der Waals surface area contributed by atoms with Gasteiger partial charge in [-0.2, -0.15) is 0 Å². The van der Waals surface area contributed by atoms with Gasteiger partial charge in [-0.15, -0.1) is 0 Å². The topological polar surface area (TPSA) is 73.6 Å². The number of nitrogens with zero attached hydrogens (tertiary/aromatic N) is 4. The number of hydrogen-bond acceptors (Lipinski definition) is 5. The number of aromatic nitrogens is 2. The van der Waals surface area contributed by atoms with E-state index in [9.17, 15) is 9.90 Å². The molecule has 2 aliphatic heterocycles. The molecule has 1 fully saturated rings. The molecule has 0 saturated carbocycles. The van der Waals surface area contributed by atoms with Gasteiger partial charge >= 0.3 is 0 Å². The first-order chi connectivity index (χ1) is 12.7. The van der Waals surface area contributed by atoms with E-state index in [0.717, 1.165) is 38.3 Å². The molecular formula is C19H25N5O2. The monoisotopic (exact) mass is 355 g/mol. The lowest BCUT2D eigenvalue weighted by Crippen LogP contribution is -2.49. The molecule has 1 aromatic carbocycles. The first-order valence-corrected chi connectivity index (χ1v) is 9.22. The zero-order valence-electron chi connectivity index (χ0n) is 14.8. The molecule has 4 rings (SSSR count). The van der Waals surface area contributed by atoms with Gasteiger partial charge in [-0.3, -0.25) is 9.69 Å². The molecule has 7 nitrogen and oxygen atoms in total. The molecule has 7 heteroatoms. The van der Waals surface area contributed by atoms with Crippen LogP contribution >= 0.6 is 0 Å². The van der Waals surface area contributed by atoms with E-state index in [1.807, 2.05) is 22.9 Å². The number of imidazole rings is 1. The van der Waals surface area contributed by atoms with Crippen molar-refractivity contribution in [3.63, 3.8) is 0 Å². The molecule has 2 N–H and O–H groups in total. The van der Waals surface area contributed by atoms with Gasteiger partial charge in [0.2, 0.25) is 5.91 Å². The lowest BCUT2D eigenvalue weighted by Gasteiger charge is -2.38. The molecule has 0 spiro atoms. The van der Waals surface area contributed by atoms with Crippen LogP contribution in [0.5, 0.6) is 0 Å². The van der Waals surface area contributed by atoms with Crippen molar-refractivity contribution in [2.24, 2.45) is 0 Å². The lowest BCUT2D eigenvalue weighted by molar-refractivity contribution is -0.116. The van der Waals surface area contributed by atoms with Gasteiger partial charge in [-0.05, 0) is 24.1 Å². The van der Waals surface area contributed by atoms with Crippen molar-refractivity contribution in [3.8, 4) is 0 Å². The number of β-amino-alcohol motifs (C(OH)–C–C–N with tert-alkyl or cyclic N) is 1. The molecule has 0 bridgehead atoms. The second-order valence-corrected chi connectivity index (χ2v) is 7.05. The number of carbonyl (C=O) groups is 1. The zero-order chi connectivity index (χ0) is 17.9. The van der Waals surface area contributed by atoms with Crippen molar-refractivity contribution < 1.29 is 9.90 Å². The summed E-state index contributed by atoms with van der Waals surface area (Å²) in [6, 6.07) is 6.15. The van der Waals surface area contributed by atoms with E-state index in [-0.39, 0.29) is 5.91 Å². The minimum Gasteiger partial charge on any atom is -0.390 e. The summed E-state index contributed by atoms with van der Waals surface area (Å²) in [6.07, 6.45) is 6.31. The third-order valence-electron chi connectivity index (χ3n) is 5.19. The Morgan fingerprint density at radius 2 is 2.00 bits per heavy atom. The van der Waals surface area contributed by atoms with E-state index in [4.69, 9.17) is 0 Å². The quantitative estimate of drug-likeness (QED) is 0.835. The Hall–Kier alpha value is -2.38. The highest BCUT2D eigenvalue weighted by atomic mass is 16.3. The summed E-state index contributed by atoms with van der Waals surface area (Å²) in [4.78, 5) is 20.3. The Balaban J connectivity index is 1.34. The second kappa shape index (κ2) is 7.47. The van der Waals surface area contributed by atoms with Crippen molar-refractivity contribution in [1.82, 2.24) is 14.5 Å². The largest absolute Gasteiger partial charge is 0.390 e. The Morgan fingerprint density at radius 1 is 1.15 bits per heavy atom. The van der Waals surface area contributed by atoms with Gasteiger partial charge in [-0.1, -0.05) is 6.07 Å². The number of rotatable bonds is 5. The molecule has 2 aromatic rings. The van der Waals surface area contributed by atoms with Crippen LogP contribution in [0, 0.1) is 0 Å². The smallest absolute Gasteiger partial charge is 0.224 e. The Morgan fingerprint density at radius 3 is 2.77 bits per heavy atom. The van der Waals surface area contributed by atoms with Crippen LogP contribution in [0.1, 0.15) is 12.0 Å². The normalized spacial score (nSPS) is 19.1. The van der Waals surface area contributed by atoms with Crippen LogP contribution in [0.4, 0.5) is 11.4 Å². The number of fused-ring (bicyclic) bond motifs is 1. The van der Waals surface area contributed by atoms with Crippen LogP contribution in [-0.4, -0.2) is 64.3 Å². The molecule has 138 valence electrons. The predicted octanol–water partition coefficient (Wildman–Crippen LogP) is 0.951. The molecule has 1 unspecified atom stereocenters. The fraction of sp³-hybridized carbons (Fsp3) is 0.474. The minimum atomic E-state index is -0.393. The van der Waals surface area contributed by atoms with Gasteiger partial charge in [0.25, 0.3) is 0 Å². The van der Waals surface area contributed by atoms with Gasteiger partial charge in [0, 0.05) is 62.9 Å². The van der Waals surface area contributed by atoms with Gasteiger partial charge in [0.05, 0.1) is 19.0 Å². The van der Waals surface area contributed by atoms with Crippen molar-refractivity contribution in [3.05, 3.63) is 42.5 Å². The fourth-order valence-corrected chi connectivity index (χ4v) is 3.87. The molecule has 0 aliphatic carbocycles. The SMILES string of the molecule is O=C1CCc2c(cccc2N2CCN(CC(O)Cn3ccnc3)CC2)N1. The maximum absolute atomic E-state index is 11.6. The van der Waals surface area contributed by atoms with Crippen molar-refractivity contribution >= 4 is 17.3 Å². The summed E-state index contributed by atoms with van der Waals surface area (Å²) >= 11 is 0. The maximum Gasteiger partial charge on any atom is 0.224 e. The zero-order valence-corrected chi connectivity index (χ0v) is 14.8. The molecule has 2 aliphatic rings. The van der Waals surface area contributed by atoms with E-state index in [2.05, 4.69) is 26.2 Å². The first-order valence-electron chi connectivity index (χ1n) is 9.22. The highest BCUT2D eigenvalue weighted by Gasteiger charge is 2.24. The van der Waals surface area contributed by atoms with Crippen molar-refractivity contribution in [2.75, 3.05) is 42.9 Å². The third kappa shape index (κ3) is 3.73. The lowest BCUT2D eigenvalue weighted by atomic mass is 10.00. The van der Waals surface area contributed by atoms with Gasteiger partial charge in [0.15, 0.2) is 0 Å². The minimum absolute atomic E-state index is 0.103. The average molecular weight is 355 g/mol. The summed E-state index contributed by atoms with van der Waals surface area (Å²) in [5, 5.41) is 13.3. The van der Waals surface area contributed by atoms with Crippen molar-refractivity contribution in [2.45, 2.75) is 25.5 Å². The summed E-state index contributed by atoms with van der Waals surface area (Å²) in [5.41, 5.74) is 3.44. The van der Waals surface area contributed by atoms with Crippen molar-refractivity contribution in [1.29, 1.82) is 0 Å². The van der Waals surface area contributed by atoms with Crippen LogP contribution in [0.2, 0.25) is 0 Å². The van der Waals surface area contributed by atoms with Crippen LogP contribution in [-0.2, 0) is 17.8 Å². The second-order valence-electron chi connectivity index (χ2n) is 7.05. The number of aliphatic hydroxyl groups is 1. The molecule has 1 aromatic heterocycles. The molecule has 3 heterocycles. The number of hydrogen-bond donors (Lipinski definition) is 2. The third-order valence-corrected chi connectivity index (χ3v) is 5.19. The number of piperazine rings is 1. The van der Waals surface area contributed by atoms with Gasteiger partial charge in [0.1, 0.15) is 0 Å². The highest BCUT2D eigenvalue weighted by molar-refractivity contribution is 5.95. The number of aliphatic hydroxyl groups excluding tert-OH is 1. The summed E-state index contributed by atoms with van der Waals surface area (Å²) in [7, 11) is 0. The van der Waals surface area contributed by atoms with E-state index in [1.165, 1.54) is 11.3 Å². The Bertz CT molecular complexity index is 753. The number of carbonyl (C=O) groups excluding carboxylic acids is 1. The number of anilines is 2. The molecule has 1 atom stereocenters. The highest BCUT2D eigenvalue weighted by Crippen LogP contribution is 2.32. The number of nitrogens with one attached hydrogen (secondary N) is 1. The maximum atomic E-state index is 11.6. The number of benzene rings is 1. The van der Waals surface area contributed by atoms with Crippen LogP contribution < -0.4 is 10.2 Å². The van der Waals surface area contributed by atoms with E-state index in [1.54, 1.807) is 12.5 Å². The van der Waals surface area contributed by atoms with Crippen LogP contribution in [0.25, 0.3) is 0 Å². The van der Waals surface area contributed by atoms with E-state index >= 15 is 0 Å². The fourth-order valence-electron chi connectivity index (χ4n) is 3.87. The standard InChI is InChI=1S/C19H25N5O2/c25-15(13-23-7-6-20-14-23)12-22-8-10-24(11-9-22)18-3-1-2-17-16(18)4-5-19(26)21-17/h1-3,6-7,14-15,25H,4-5,8-13H2,(H,21,26). The molecule has 26 heavy (non-hydrogen) atoms. The summed E-state index contributed by atoms with van der Waals surface area (Å²) in [6.45, 7) is 4.97. The molecule has 0 radical (unpaired) electrons. The first kappa shape index (κ1) is 17.1. The van der Waals surface area contributed by atoms with Crippen LogP contribution in [0.15, 0.2) is 36.9 Å². The van der Waals surface area contributed by atoms with Gasteiger partial charge in [-0.25, -0.2) is 4.98 Å². The summed E-state index contributed by atoms with van der Waals surface area (Å²) < 4.78 is 1.91. The van der Waals surface area contributed by atoms with Gasteiger partial charge < -0.3 is 19.9 Å².